The summed E-state index contributed by atoms with van der Waals surface area (Å²) in [4.78, 5) is 4.12. The van der Waals surface area contributed by atoms with Crippen LogP contribution in [0.1, 0.15) is 11.7 Å². The van der Waals surface area contributed by atoms with Crippen molar-refractivity contribution >= 4 is 42.6 Å². The van der Waals surface area contributed by atoms with Crippen LogP contribution in [0.15, 0.2) is 18.2 Å². The van der Waals surface area contributed by atoms with Gasteiger partial charge in [-0.05, 0) is 17.7 Å². The van der Waals surface area contributed by atoms with Gasteiger partial charge in [-0.3, -0.25) is 0 Å². The molecule has 0 amide bonds. The first-order chi connectivity index (χ1) is 7.61. The summed E-state index contributed by atoms with van der Waals surface area (Å²) in [6, 6.07) is 5.35. The van der Waals surface area contributed by atoms with Crippen molar-refractivity contribution < 1.29 is 10.2 Å². The van der Waals surface area contributed by atoms with E-state index in [1.54, 1.807) is 18.2 Å². The number of benzene rings is 1. The monoisotopic (exact) mass is 302 g/mol. The first-order valence-electron chi connectivity index (χ1n) is 4.70. The van der Waals surface area contributed by atoms with Crippen molar-refractivity contribution in [1.82, 2.24) is 4.98 Å². The number of hydrogen-bond acceptors (Lipinski definition) is 5. The Morgan fingerprint density at radius 2 is 2.19 bits per heavy atom. The van der Waals surface area contributed by atoms with Crippen LogP contribution in [0.3, 0.4) is 0 Å². The minimum absolute atomic E-state index is 0.330. The number of anilines is 1. The summed E-state index contributed by atoms with van der Waals surface area (Å²) >= 11 is 4.49. The van der Waals surface area contributed by atoms with Crippen LogP contribution in [0.2, 0.25) is 0 Å². The van der Waals surface area contributed by atoms with Gasteiger partial charge < -0.3 is 15.9 Å². The highest BCUT2D eigenvalue weighted by Gasteiger charge is 2.17. The van der Waals surface area contributed by atoms with Crippen molar-refractivity contribution in [3.8, 4) is 0 Å². The number of halogens is 1. The van der Waals surface area contributed by atoms with Gasteiger partial charge in [0.15, 0.2) is 5.13 Å². The van der Waals surface area contributed by atoms with Gasteiger partial charge in [0.05, 0.1) is 16.3 Å². The van der Waals surface area contributed by atoms with E-state index < -0.39 is 12.2 Å². The van der Waals surface area contributed by atoms with Crippen LogP contribution in [0, 0.1) is 0 Å². The van der Waals surface area contributed by atoms with E-state index in [1.807, 2.05) is 0 Å². The summed E-state index contributed by atoms with van der Waals surface area (Å²) in [5, 5.41) is 20.2. The molecule has 4 nitrogen and oxygen atoms in total. The van der Waals surface area contributed by atoms with Crippen LogP contribution in [0.25, 0.3) is 10.2 Å². The zero-order valence-electron chi connectivity index (χ0n) is 8.30. The highest BCUT2D eigenvalue weighted by atomic mass is 79.9. The summed E-state index contributed by atoms with van der Waals surface area (Å²) in [6.07, 6.45) is -1.71. The van der Waals surface area contributed by atoms with E-state index in [2.05, 4.69) is 20.9 Å². The molecule has 0 saturated carbocycles. The first-order valence-corrected chi connectivity index (χ1v) is 6.63. The summed E-state index contributed by atoms with van der Waals surface area (Å²) in [7, 11) is 0. The Morgan fingerprint density at radius 3 is 2.88 bits per heavy atom. The normalized spacial score (nSPS) is 15.2. The largest absolute Gasteiger partial charge is 0.389 e. The SMILES string of the molecule is Nc1nc2ccc(C(O)C(O)CBr)cc2s1. The minimum Gasteiger partial charge on any atom is -0.389 e. The van der Waals surface area contributed by atoms with Crippen LogP contribution in [0.5, 0.6) is 0 Å². The van der Waals surface area contributed by atoms with Gasteiger partial charge in [0, 0.05) is 5.33 Å². The lowest BCUT2D eigenvalue weighted by Crippen LogP contribution is -2.19. The van der Waals surface area contributed by atoms with Crippen molar-refractivity contribution in [3.63, 3.8) is 0 Å². The number of aromatic nitrogens is 1. The Morgan fingerprint density at radius 1 is 1.44 bits per heavy atom. The maximum atomic E-state index is 9.83. The van der Waals surface area contributed by atoms with Crippen LogP contribution in [-0.2, 0) is 0 Å². The van der Waals surface area contributed by atoms with E-state index in [1.165, 1.54) is 11.3 Å². The fourth-order valence-electron chi connectivity index (χ4n) is 1.45. The van der Waals surface area contributed by atoms with E-state index >= 15 is 0 Å². The van der Waals surface area contributed by atoms with Gasteiger partial charge in [-0.2, -0.15) is 0 Å². The molecule has 2 rings (SSSR count). The second kappa shape index (κ2) is 4.67. The summed E-state index contributed by atoms with van der Waals surface area (Å²) in [6.45, 7) is 0. The topological polar surface area (TPSA) is 79.4 Å². The molecule has 0 aliphatic rings. The minimum atomic E-state index is -0.896. The van der Waals surface area contributed by atoms with Crippen molar-refractivity contribution in [2.75, 3.05) is 11.1 Å². The summed E-state index contributed by atoms with van der Waals surface area (Å²) in [5.41, 5.74) is 7.07. The third kappa shape index (κ3) is 2.20. The Hall–Kier alpha value is -0.690. The Balaban J connectivity index is 2.38. The molecule has 4 N–H and O–H groups in total. The number of nitrogens with zero attached hydrogens (tertiary/aromatic N) is 1. The van der Waals surface area contributed by atoms with Gasteiger partial charge >= 0.3 is 0 Å². The van der Waals surface area contributed by atoms with Gasteiger partial charge in [0.2, 0.25) is 0 Å². The lowest BCUT2D eigenvalue weighted by Gasteiger charge is -2.15. The fourth-order valence-corrected chi connectivity index (χ4v) is 2.59. The predicted octanol–water partition coefficient (Wildman–Crippen LogP) is 1.67. The van der Waals surface area contributed by atoms with Crippen molar-refractivity contribution in [2.24, 2.45) is 0 Å². The second-order valence-corrected chi connectivity index (χ2v) is 5.16. The molecule has 0 radical (unpaired) electrons. The smallest absolute Gasteiger partial charge is 0.181 e. The predicted molar refractivity (Wildman–Crippen MR) is 68.8 cm³/mol. The molecule has 86 valence electrons. The van der Waals surface area contributed by atoms with Gasteiger partial charge in [0.25, 0.3) is 0 Å². The number of aliphatic hydroxyl groups is 2. The average Bonchev–Trinajstić information content (AvgIpc) is 2.65. The Kier molecular flexibility index (Phi) is 3.44. The zero-order valence-corrected chi connectivity index (χ0v) is 10.7. The number of rotatable bonds is 3. The molecule has 6 heteroatoms. The number of nitrogens with two attached hydrogens (primary N) is 1. The van der Waals surface area contributed by atoms with Gasteiger partial charge in [-0.15, -0.1) is 0 Å². The third-order valence-corrected chi connectivity index (χ3v) is 3.80. The highest BCUT2D eigenvalue weighted by Crippen LogP contribution is 2.28. The number of nitrogen functional groups attached to an aromatic ring is 1. The Labute approximate surface area is 105 Å². The van der Waals surface area contributed by atoms with Gasteiger partial charge in [-0.25, -0.2) is 4.98 Å². The van der Waals surface area contributed by atoms with E-state index in [9.17, 15) is 10.2 Å². The fraction of sp³-hybridized carbons (Fsp3) is 0.300. The maximum absolute atomic E-state index is 9.83. The molecule has 1 heterocycles. The number of thiazole rings is 1. The number of aliphatic hydroxyl groups excluding tert-OH is 2. The average molecular weight is 303 g/mol. The van der Waals surface area contributed by atoms with Crippen molar-refractivity contribution in [2.45, 2.75) is 12.2 Å². The molecule has 2 aromatic rings. The van der Waals surface area contributed by atoms with Crippen LogP contribution < -0.4 is 5.73 Å². The van der Waals surface area contributed by atoms with E-state index in [0.29, 0.717) is 16.0 Å². The molecule has 16 heavy (non-hydrogen) atoms. The van der Waals surface area contributed by atoms with Crippen LogP contribution in [0.4, 0.5) is 5.13 Å². The molecule has 0 fully saturated rings. The lowest BCUT2D eigenvalue weighted by molar-refractivity contribution is 0.0343. The second-order valence-electron chi connectivity index (χ2n) is 3.45. The van der Waals surface area contributed by atoms with E-state index in [-0.39, 0.29) is 0 Å². The number of fused-ring (bicyclic) bond motifs is 1. The quantitative estimate of drug-likeness (QED) is 0.754. The van der Waals surface area contributed by atoms with E-state index in [4.69, 9.17) is 5.73 Å². The van der Waals surface area contributed by atoms with Crippen molar-refractivity contribution in [1.29, 1.82) is 0 Å². The molecule has 1 aromatic heterocycles. The molecule has 0 aliphatic heterocycles. The van der Waals surface area contributed by atoms with Gasteiger partial charge in [-0.1, -0.05) is 33.3 Å². The lowest BCUT2D eigenvalue weighted by atomic mass is 10.1. The zero-order chi connectivity index (χ0) is 11.7. The third-order valence-electron chi connectivity index (χ3n) is 2.29. The van der Waals surface area contributed by atoms with Crippen LogP contribution >= 0.6 is 27.3 Å². The van der Waals surface area contributed by atoms with Crippen molar-refractivity contribution in [3.05, 3.63) is 23.8 Å². The highest BCUT2D eigenvalue weighted by molar-refractivity contribution is 9.09. The van der Waals surface area contributed by atoms with Crippen LogP contribution in [-0.4, -0.2) is 26.6 Å². The summed E-state index contributed by atoms with van der Waals surface area (Å²) in [5.74, 6) is 0. The summed E-state index contributed by atoms with van der Waals surface area (Å²) < 4.78 is 0.913. The Bertz CT molecular complexity index is 503. The molecule has 0 saturated heterocycles. The number of hydrogen-bond donors (Lipinski definition) is 3. The molecular formula is C10H11BrN2O2S. The molecular weight excluding hydrogens is 292 g/mol. The molecule has 0 aliphatic carbocycles. The molecule has 1 aromatic carbocycles. The van der Waals surface area contributed by atoms with E-state index in [0.717, 1.165) is 10.2 Å². The molecule has 0 bridgehead atoms. The molecule has 0 spiro atoms. The molecule has 2 atom stereocenters. The van der Waals surface area contributed by atoms with Gasteiger partial charge in [0.1, 0.15) is 6.10 Å². The number of alkyl halides is 1. The first kappa shape index (κ1) is 11.8. The molecule has 2 unspecified atom stereocenters. The standard InChI is InChI=1S/C10H11BrN2O2S/c11-4-7(14)9(15)5-1-2-6-8(3-5)16-10(12)13-6/h1-3,7,9,14-15H,4H2,(H2,12,13). The maximum Gasteiger partial charge on any atom is 0.181 e.